The molecular formula is C20H22Cl2N2O4. The zero-order valence-corrected chi connectivity index (χ0v) is 17.1. The number of hydrazine groups is 1. The van der Waals surface area contributed by atoms with Crippen molar-refractivity contribution >= 4 is 35.0 Å². The van der Waals surface area contributed by atoms with E-state index in [0.29, 0.717) is 39.6 Å². The summed E-state index contributed by atoms with van der Waals surface area (Å²) in [6.45, 7) is 4.56. The molecule has 0 radical (unpaired) electrons. The number of rotatable bonds is 8. The molecule has 0 bridgehead atoms. The molecule has 8 heteroatoms. The summed E-state index contributed by atoms with van der Waals surface area (Å²) in [7, 11) is 0. The highest BCUT2D eigenvalue weighted by Gasteiger charge is 2.10. The molecule has 0 spiro atoms. The summed E-state index contributed by atoms with van der Waals surface area (Å²) < 4.78 is 10.9. The van der Waals surface area contributed by atoms with E-state index < -0.39 is 11.8 Å². The van der Waals surface area contributed by atoms with Crippen molar-refractivity contribution in [1.82, 2.24) is 10.9 Å². The number of ether oxygens (including phenoxy) is 2. The van der Waals surface area contributed by atoms with Crippen molar-refractivity contribution in [1.29, 1.82) is 0 Å². The van der Waals surface area contributed by atoms with Crippen LogP contribution >= 0.6 is 23.2 Å². The lowest BCUT2D eigenvalue weighted by molar-refractivity contribution is -0.123. The van der Waals surface area contributed by atoms with Crippen LogP contribution < -0.4 is 20.3 Å². The number of hydrogen-bond acceptors (Lipinski definition) is 4. The van der Waals surface area contributed by atoms with Crippen LogP contribution in [-0.4, -0.2) is 25.0 Å². The number of carbonyl (C=O) groups is 2. The number of nitrogens with one attached hydrogen (secondary N) is 2. The van der Waals surface area contributed by atoms with Gasteiger partial charge in [-0.3, -0.25) is 20.4 Å². The standard InChI is InChI=1S/C20H22Cl2N2O4/c1-13(2)9-10-27-16-6-3-14(4-7-16)20(26)24-23-19(25)12-28-18-8-5-15(21)11-17(18)22/h3-8,11,13H,9-10,12H2,1-2H3,(H,23,25)(H,24,26). The molecule has 2 rings (SSSR count). The fourth-order valence-electron chi connectivity index (χ4n) is 2.09. The predicted octanol–water partition coefficient (Wildman–Crippen LogP) is 4.26. The minimum Gasteiger partial charge on any atom is -0.494 e. The summed E-state index contributed by atoms with van der Waals surface area (Å²) in [6, 6.07) is 11.3. The van der Waals surface area contributed by atoms with E-state index in [-0.39, 0.29) is 6.61 Å². The van der Waals surface area contributed by atoms with Crippen LogP contribution in [0.5, 0.6) is 11.5 Å². The first-order valence-corrected chi connectivity index (χ1v) is 9.50. The minimum atomic E-state index is -0.534. The quantitative estimate of drug-likeness (QED) is 0.620. The fraction of sp³-hybridized carbons (Fsp3) is 0.300. The average Bonchev–Trinajstić information content (AvgIpc) is 2.65. The second kappa shape index (κ2) is 10.8. The number of halogens is 2. The summed E-state index contributed by atoms with van der Waals surface area (Å²) >= 11 is 11.8. The summed E-state index contributed by atoms with van der Waals surface area (Å²) in [5.74, 6) is 0.586. The molecule has 0 aliphatic heterocycles. The number of amides is 2. The Bertz CT molecular complexity index is 810. The molecule has 0 aliphatic rings. The van der Waals surface area contributed by atoms with Gasteiger partial charge in [0.15, 0.2) is 6.61 Å². The topological polar surface area (TPSA) is 76.7 Å². The van der Waals surface area contributed by atoms with E-state index in [0.717, 1.165) is 6.42 Å². The number of benzene rings is 2. The van der Waals surface area contributed by atoms with Gasteiger partial charge < -0.3 is 9.47 Å². The van der Waals surface area contributed by atoms with Crippen molar-refractivity contribution in [3.8, 4) is 11.5 Å². The third-order valence-electron chi connectivity index (χ3n) is 3.65. The van der Waals surface area contributed by atoms with E-state index in [9.17, 15) is 9.59 Å². The molecule has 0 aliphatic carbocycles. The van der Waals surface area contributed by atoms with Crippen molar-refractivity contribution in [2.75, 3.05) is 13.2 Å². The molecule has 2 aromatic rings. The minimum absolute atomic E-state index is 0.292. The monoisotopic (exact) mass is 424 g/mol. The van der Waals surface area contributed by atoms with Gasteiger partial charge in [-0.05, 0) is 54.8 Å². The lowest BCUT2D eigenvalue weighted by Crippen LogP contribution is -2.43. The van der Waals surface area contributed by atoms with Crippen LogP contribution in [0.15, 0.2) is 42.5 Å². The van der Waals surface area contributed by atoms with Gasteiger partial charge in [-0.25, -0.2) is 0 Å². The molecule has 0 saturated heterocycles. The molecule has 0 unspecified atom stereocenters. The Kier molecular flexibility index (Phi) is 8.42. The fourth-order valence-corrected chi connectivity index (χ4v) is 2.55. The maximum Gasteiger partial charge on any atom is 0.276 e. The molecule has 150 valence electrons. The van der Waals surface area contributed by atoms with Crippen LogP contribution in [0.2, 0.25) is 10.0 Å². The first kappa shape index (κ1) is 21.9. The molecule has 2 amide bonds. The van der Waals surface area contributed by atoms with Crippen molar-refractivity contribution < 1.29 is 19.1 Å². The van der Waals surface area contributed by atoms with E-state index in [1.807, 2.05) is 0 Å². The van der Waals surface area contributed by atoms with Crippen LogP contribution in [0.3, 0.4) is 0 Å². The predicted molar refractivity (Wildman–Crippen MR) is 109 cm³/mol. The van der Waals surface area contributed by atoms with Gasteiger partial charge in [0, 0.05) is 10.6 Å². The summed E-state index contributed by atoms with van der Waals surface area (Å²) in [4.78, 5) is 23.9. The maximum atomic E-state index is 12.1. The molecule has 0 fully saturated rings. The van der Waals surface area contributed by atoms with Crippen molar-refractivity contribution in [2.24, 2.45) is 5.92 Å². The summed E-state index contributed by atoms with van der Waals surface area (Å²) in [6.07, 6.45) is 0.956. The highest BCUT2D eigenvalue weighted by molar-refractivity contribution is 6.35. The van der Waals surface area contributed by atoms with Gasteiger partial charge in [0.25, 0.3) is 11.8 Å². The van der Waals surface area contributed by atoms with Gasteiger partial charge in [0.05, 0.1) is 11.6 Å². The Hall–Kier alpha value is -2.44. The van der Waals surface area contributed by atoms with Gasteiger partial charge in [0.1, 0.15) is 11.5 Å². The summed E-state index contributed by atoms with van der Waals surface area (Å²) in [5, 5.41) is 0.755. The van der Waals surface area contributed by atoms with E-state index in [4.69, 9.17) is 32.7 Å². The molecule has 2 N–H and O–H groups in total. The van der Waals surface area contributed by atoms with Crippen molar-refractivity contribution in [3.63, 3.8) is 0 Å². The second-order valence-electron chi connectivity index (χ2n) is 6.42. The van der Waals surface area contributed by atoms with Gasteiger partial charge in [-0.1, -0.05) is 37.0 Å². The van der Waals surface area contributed by atoms with Crippen LogP contribution in [-0.2, 0) is 4.79 Å². The highest BCUT2D eigenvalue weighted by atomic mass is 35.5. The molecule has 28 heavy (non-hydrogen) atoms. The third kappa shape index (κ3) is 7.29. The zero-order chi connectivity index (χ0) is 20.5. The lowest BCUT2D eigenvalue weighted by atomic mass is 10.1. The average molecular weight is 425 g/mol. The van der Waals surface area contributed by atoms with Crippen LogP contribution in [0.4, 0.5) is 0 Å². The van der Waals surface area contributed by atoms with Crippen molar-refractivity contribution in [2.45, 2.75) is 20.3 Å². The first-order chi connectivity index (χ1) is 13.3. The van der Waals surface area contributed by atoms with E-state index in [1.165, 1.54) is 6.07 Å². The Balaban J connectivity index is 1.75. The Morgan fingerprint density at radius 2 is 1.71 bits per heavy atom. The van der Waals surface area contributed by atoms with Gasteiger partial charge >= 0.3 is 0 Å². The lowest BCUT2D eigenvalue weighted by Gasteiger charge is -2.11. The largest absolute Gasteiger partial charge is 0.494 e. The van der Waals surface area contributed by atoms with E-state index in [2.05, 4.69) is 24.7 Å². The normalized spacial score (nSPS) is 10.5. The number of carbonyl (C=O) groups excluding carboxylic acids is 2. The maximum absolute atomic E-state index is 12.1. The van der Waals surface area contributed by atoms with Crippen molar-refractivity contribution in [3.05, 3.63) is 58.1 Å². The Morgan fingerprint density at radius 3 is 2.36 bits per heavy atom. The summed E-state index contributed by atoms with van der Waals surface area (Å²) in [5.41, 5.74) is 4.99. The zero-order valence-electron chi connectivity index (χ0n) is 15.6. The molecular weight excluding hydrogens is 403 g/mol. The molecule has 6 nitrogen and oxygen atoms in total. The van der Waals surface area contributed by atoms with E-state index in [1.54, 1.807) is 36.4 Å². The smallest absolute Gasteiger partial charge is 0.276 e. The van der Waals surface area contributed by atoms with Crippen LogP contribution in [0, 0.1) is 5.92 Å². The molecule has 0 saturated carbocycles. The molecule has 0 heterocycles. The first-order valence-electron chi connectivity index (χ1n) is 8.75. The van der Waals surface area contributed by atoms with Gasteiger partial charge in [-0.15, -0.1) is 0 Å². The third-order valence-corrected chi connectivity index (χ3v) is 4.18. The highest BCUT2D eigenvalue weighted by Crippen LogP contribution is 2.27. The van der Waals surface area contributed by atoms with Gasteiger partial charge in [-0.2, -0.15) is 0 Å². The van der Waals surface area contributed by atoms with Crippen LogP contribution in [0.1, 0.15) is 30.6 Å². The SMILES string of the molecule is CC(C)CCOc1ccc(C(=O)NNC(=O)COc2ccc(Cl)cc2Cl)cc1. The van der Waals surface area contributed by atoms with Crippen LogP contribution in [0.25, 0.3) is 0 Å². The number of hydrogen-bond donors (Lipinski definition) is 2. The van der Waals surface area contributed by atoms with Gasteiger partial charge in [0.2, 0.25) is 0 Å². The Labute approximate surface area is 174 Å². The molecule has 2 aromatic carbocycles. The second-order valence-corrected chi connectivity index (χ2v) is 7.26. The molecule has 0 atom stereocenters. The Morgan fingerprint density at radius 1 is 1.00 bits per heavy atom. The molecule has 0 aromatic heterocycles. The van der Waals surface area contributed by atoms with E-state index >= 15 is 0 Å².